The number of halogens is 2. The SMILES string of the molecule is NC(=O)[C@H]1CCO[C@@H]1C1CCN(Cc2ncc(Cl)cc2Cl)CC1. The van der Waals surface area contributed by atoms with Gasteiger partial charge in [-0.25, -0.2) is 0 Å². The Labute approximate surface area is 146 Å². The Bertz CT molecular complexity index is 576. The molecule has 0 unspecified atom stereocenters. The molecule has 1 aromatic rings. The number of rotatable bonds is 4. The maximum Gasteiger partial charge on any atom is 0.223 e. The number of aromatic nitrogens is 1. The number of amides is 1. The fourth-order valence-electron chi connectivity index (χ4n) is 3.59. The molecule has 0 bridgehead atoms. The Morgan fingerprint density at radius 2 is 2.09 bits per heavy atom. The number of piperidine rings is 1. The van der Waals surface area contributed by atoms with Crippen molar-refractivity contribution in [1.82, 2.24) is 9.88 Å². The van der Waals surface area contributed by atoms with Crippen molar-refractivity contribution in [2.24, 2.45) is 17.6 Å². The molecular formula is C16H21Cl2N3O2. The van der Waals surface area contributed by atoms with Gasteiger partial charge in [-0.15, -0.1) is 0 Å². The third-order valence-corrected chi connectivity index (χ3v) is 5.39. The first-order chi connectivity index (χ1) is 11.0. The minimum absolute atomic E-state index is 0.00750. The highest BCUT2D eigenvalue weighted by molar-refractivity contribution is 6.34. The van der Waals surface area contributed by atoms with Crippen molar-refractivity contribution in [2.45, 2.75) is 31.9 Å². The molecule has 3 heterocycles. The summed E-state index contributed by atoms with van der Waals surface area (Å²) in [6.45, 7) is 3.24. The van der Waals surface area contributed by atoms with Crippen molar-refractivity contribution in [3.63, 3.8) is 0 Å². The van der Waals surface area contributed by atoms with Gasteiger partial charge in [0.25, 0.3) is 0 Å². The van der Waals surface area contributed by atoms with Gasteiger partial charge in [-0.2, -0.15) is 0 Å². The highest BCUT2D eigenvalue weighted by atomic mass is 35.5. The molecule has 2 atom stereocenters. The molecular weight excluding hydrogens is 337 g/mol. The monoisotopic (exact) mass is 357 g/mol. The molecule has 3 rings (SSSR count). The Kier molecular flexibility index (Phi) is 5.42. The molecule has 126 valence electrons. The van der Waals surface area contributed by atoms with Gasteiger partial charge in [-0.05, 0) is 44.3 Å². The lowest BCUT2D eigenvalue weighted by atomic mass is 9.84. The summed E-state index contributed by atoms with van der Waals surface area (Å²) in [6.07, 6.45) is 4.37. The van der Waals surface area contributed by atoms with E-state index >= 15 is 0 Å². The van der Waals surface area contributed by atoms with E-state index in [1.165, 1.54) is 0 Å². The second-order valence-electron chi connectivity index (χ2n) is 6.33. The van der Waals surface area contributed by atoms with Crippen LogP contribution in [-0.2, 0) is 16.1 Å². The second-order valence-corrected chi connectivity index (χ2v) is 7.17. The Morgan fingerprint density at radius 3 is 2.74 bits per heavy atom. The number of carbonyl (C=O) groups is 1. The maximum absolute atomic E-state index is 11.5. The zero-order chi connectivity index (χ0) is 16.4. The van der Waals surface area contributed by atoms with Crippen LogP contribution in [0.15, 0.2) is 12.3 Å². The summed E-state index contributed by atoms with van der Waals surface area (Å²) in [5.41, 5.74) is 6.34. The largest absolute Gasteiger partial charge is 0.377 e. The van der Waals surface area contributed by atoms with Gasteiger partial charge < -0.3 is 10.5 Å². The van der Waals surface area contributed by atoms with Crippen LogP contribution in [0.25, 0.3) is 0 Å². The summed E-state index contributed by atoms with van der Waals surface area (Å²) < 4.78 is 5.78. The molecule has 1 aromatic heterocycles. The maximum atomic E-state index is 11.5. The third-order valence-electron chi connectivity index (χ3n) is 4.86. The van der Waals surface area contributed by atoms with Crippen LogP contribution >= 0.6 is 23.2 Å². The topological polar surface area (TPSA) is 68.5 Å². The van der Waals surface area contributed by atoms with Crippen molar-refractivity contribution in [1.29, 1.82) is 0 Å². The van der Waals surface area contributed by atoms with E-state index in [9.17, 15) is 4.79 Å². The smallest absolute Gasteiger partial charge is 0.223 e. The highest BCUT2D eigenvalue weighted by Crippen LogP contribution is 2.33. The normalized spacial score (nSPS) is 26.5. The first-order valence-electron chi connectivity index (χ1n) is 7.98. The zero-order valence-electron chi connectivity index (χ0n) is 12.9. The first-order valence-corrected chi connectivity index (χ1v) is 8.73. The fourth-order valence-corrected chi connectivity index (χ4v) is 4.03. The summed E-state index contributed by atoms with van der Waals surface area (Å²) in [6, 6.07) is 1.72. The van der Waals surface area contributed by atoms with Crippen molar-refractivity contribution in [3.05, 3.63) is 28.0 Å². The molecule has 0 radical (unpaired) electrons. The number of carbonyl (C=O) groups excluding carboxylic acids is 1. The van der Waals surface area contributed by atoms with Crippen LogP contribution in [0.5, 0.6) is 0 Å². The zero-order valence-corrected chi connectivity index (χ0v) is 14.4. The van der Waals surface area contributed by atoms with Gasteiger partial charge >= 0.3 is 0 Å². The minimum Gasteiger partial charge on any atom is -0.377 e. The second kappa shape index (κ2) is 7.34. The Balaban J connectivity index is 1.55. The molecule has 0 spiro atoms. The summed E-state index contributed by atoms with van der Waals surface area (Å²) in [7, 11) is 0. The summed E-state index contributed by atoms with van der Waals surface area (Å²) in [5.74, 6) is 0.0471. The lowest BCUT2D eigenvalue weighted by molar-refractivity contribution is -0.124. The van der Waals surface area contributed by atoms with Crippen molar-refractivity contribution in [3.8, 4) is 0 Å². The van der Waals surface area contributed by atoms with Crippen LogP contribution in [0.4, 0.5) is 0 Å². The molecule has 2 aliphatic rings. The van der Waals surface area contributed by atoms with Crippen molar-refractivity contribution >= 4 is 29.1 Å². The van der Waals surface area contributed by atoms with Gasteiger partial charge in [0, 0.05) is 19.3 Å². The summed E-state index contributed by atoms with van der Waals surface area (Å²) >= 11 is 12.1. The van der Waals surface area contributed by atoms with Crippen LogP contribution in [0.2, 0.25) is 10.0 Å². The van der Waals surface area contributed by atoms with Gasteiger partial charge in [0.1, 0.15) is 0 Å². The predicted molar refractivity (Wildman–Crippen MR) is 89.3 cm³/mol. The number of primary amides is 1. The standard InChI is InChI=1S/C16H21Cl2N3O2/c17-11-7-13(18)14(20-8-11)9-21-4-1-10(2-5-21)15-12(16(19)22)3-6-23-15/h7-8,10,12,15H,1-6,9H2,(H2,19,22)/t12-,15+/m0/s1. The van der Waals surface area contributed by atoms with E-state index in [1.54, 1.807) is 12.3 Å². The summed E-state index contributed by atoms with van der Waals surface area (Å²) in [5, 5.41) is 1.15. The molecule has 5 nitrogen and oxygen atoms in total. The van der Waals surface area contributed by atoms with E-state index < -0.39 is 0 Å². The number of likely N-dealkylation sites (tertiary alicyclic amines) is 1. The average molecular weight is 358 g/mol. The van der Waals surface area contributed by atoms with E-state index in [4.69, 9.17) is 33.7 Å². The average Bonchev–Trinajstić information content (AvgIpc) is 3.00. The lowest BCUT2D eigenvalue weighted by Gasteiger charge is -2.35. The number of nitrogens with zero attached hydrogens (tertiary/aromatic N) is 2. The van der Waals surface area contributed by atoms with E-state index in [2.05, 4.69) is 9.88 Å². The van der Waals surface area contributed by atoms with E-state index in [0.717, 1.165) is 38.0 Å². The molecule has 0 saturated carbocycles. The molecule has 2 N–H and O–H groups in total. The molecule has 0 aliphatic carbocycles. The van der Waals surface area contributed by atoms with Gasteiger partial charge in [0.05, 0.1) is 27.8 Å². The number of nitrogens with two attached hydrogens (primary N) is 1. The Hall–Kier alpha value is -0.880. The number of hydrogen-bond acceptors (Lipinski definition) is 4. The Morgan fingerprint density at radius 1 is 1.35 bits per heavy atom. The minimum atomic E-state index is -0.230. The van der Waals surface area contributed by atoms with Gasteiger partial charge in [-0.3, -0.25) is 14.7 Å². The first kappa shape index (κ1) is 17.0. The molecule has 23 heavy (non-hydrogen) atoms. The van der Waals surface area contributed by atoms with Crippen LogP contribution in [0.3, 0.4) is 0 Å². The van der Waals surface area contributed by atoms with Crippen LogP contribution in [-0.4, -0.2) is 41.6 Å². The molecule has 1 amide bonds. The van der Waals surface area contributed by atoms with E-state index in [0.29, 0.717) is 29.1 Å². The van der Waals surface area contributed by atoms with Gasteiger partial charge in [0.15, 0.2) is 0 Å². The van der Waals surface area contributed by atoms with Crippen LogP contribution in [0.1, 0.15) is 25.0 Å². The molecule has 2 fully saturated rings. The van der Waals surface area contributed by atoms with Crippen LogP contribution < -0.4 is 5.73 Å². The van der Waals surface area contributed by atoms with Crippen molar-refractivity contribution in [2.75, 3.05) is 19.7 Å². The molecule has 2 saturated heterocycles. The molecule has 2 aliphatic heterocycles. The number of hydrogen-bond donors (Lipinski definition) is 1. The predicted octanol–water partition coefficient (Wildman–Crippen LogP) is 2.49. The number of pyridine rings is 1. The van der Waals surface area contributed by atoms with Gasteiger partial charge in [-0.1, -0.05) is 23.2 Å². The van der Waals surface area contributed by atoms with Crippen LogP contribution in [0, 0.1) is 11.8 Å². The van der Waals surface area contributed by atoms with Gasteiger partial charge in [0.2, 0.25) is 5.91 Å². The summed E-state index contributed by atoms with van der Waals surface area (Å²) in [4.78, 5) is 18.2. The molecule has 7 heteroatoms. The molecule has 0 aromatic carbocycles. The van der Waals surface area contributed by atoms with E-state index in [1.807, 2.05) is 0 Å². The number of ether oxygens (including phenoxy) is 1. The van der Waals surface area contributed by atoms with E-state index in [-0.39, 0.29) is 17.9 Å². The third kappa shape index (κ3) is 3.97. The quantitative estimate of drug-likeness (QED) is 0.898. The fraction of sp³-hybridized carbons (Fsp3) is 0.625. The highest BCUT2D eigenvalue weighted by Gasteiger charge is 2.39. The van der Waals surface area contributed by atoms with Crippen molar-refractivity contribution < 1.29 is 9.53 Å². The lowest BCUT2D eigenvalue weighted by Crippen LogP contribution is -2.42.